The zero-order valence-electron chi connectivity index (χ0n) is 13.9. The third-order valence-electron chi connectivity index (χ3n) is 4.32. The van der Waals surface area contributed by atoms with E-state index in [0.29, 0.717) is 17.9 Å². The van der Waals surface area contributed by atoms with Crippen LogP contribution in [0, 0.1) is 13.8 Å². The SMILES string of the molecule is CCc1nc2cc(C)ccn2c1C(=O)n1c(C)nc2ccccc21. The van der Waals surface area contributed by atoms with Crippen LogP contribution >= 0.6 is 0 Å². The van der Waals surface area contributed by atoms with Gasteiger partial charge in [0.05, 0.1) is 16.7 Å². The predicted molar refractivity (Wildman–Crippen MR) is 93.5 cm³/mol. The molecule has 0 amide bonds. The van der Waals surface area contributed by atoms with Crippen molar-refractivity contribution >= 4 is 22.6 Å². The van der Waals surface area contributed by atoms with Crippen LogP contribution in [0.5, 0.6) is 0 Å². The normalized spacial score (nSPS) is 11.5. The summed E-state index contributed by atoms with van der Waals surface area (Å²) >= 11 is 0. The Morgan fingerprint density at radius 2 is 1.92 bits per heavy atom. The number of benzene rings is 1. The van der Waals surface area contributed by atoms with Crippen LogP contribution in [-0.2, 0) is 6.42 Å². The number of para-hydroxylation sites is 2. The summed E-state index contributed by atoms with van der Waals surface area (Å²) in [6, 6.07) is 11.7. The van der Waals surface area contributed by atoms with Gasteiger partial charge in [-0.25, -0.2) is 9.97 Å². The average molecular weight is 318 g/mol. The van der Waals surface area contributed by atoms with E-state index in [2.05, 4.69) is 9.97 Å². The van der Waals surface area contributed by atoms with E-state index in [4.69, 9.17) is 0 Å². The predicted octanol–water partition coefficient (Wildman–Crippen LogP) is 3.55. The second-order valence-electron chi connectivity index (χ2n) is 5.98. The molecule has 0 aliphatic carbocycles. The quantitative estimate of drug-likeness (QED) is 0.568. The van der Waals surface area contributed by atoms with E-state index in [1.54, 1.807) is 4.57 Å². The third kappa shape index (κ3) is 2.05. The number of aryl methyl sites for hydroxylation is 3. The molecule has 3 aromatic heterocycles. The molecule has 120 valence electrons. The summed E-state index contributed by atoms with van der Waals surface area (Å²) in [4.78, 5) is 22.5. The molecular formula is C19H18N4O. The maximum atomic E-state index is 13.3. The Kier molecular flexibility index (Phi) is 3.23. The number of carbonyl (C=O) groups is 1. The fraction of sp³-hybridized carbons (Fsp3) is 0.211. The number of fused-ring (bicyclic) bond motifs is 2. The summed E-state index contributed by atoms with van der Waals surface area (Å²) in [7, 11) is 0. The first-order valence-electron chi connectivity index (χ1n) is 8.06. The highest BCUT2D eigenvalue weighted by atomic mass is 16.2. The number of pyridine rings is 1. The number of hydrogen-bond acceptors (Lipinski definition) is 3. The molecule has 24 heavy (non-hydrogen) atoms. The number of rotatable bonds is 2. The number of carbonyl (C=O) groups excluding carboxylic acids is 1. The van der Waals surface area contributed by atoms with Gasteiger partial charge in [0.15, 0.2) is 0 Å². The van der Waals surface area contributed by atoms with Crippen molar-refractivity contribution in [3.05, 3.63) is 65.4 Å². The second kappa shape index (κ2) is 5.30. The topological polar surface area (TPSA) is 52.2 Å². The van der Waals surface area contributed by atoms with Crippen molar-refractivity contribution in [1.29, 1.82) is 0 Å². The lowest BCUT2D eigenvalue weighted by Crippen LogP contribution is -2.17. The molecule has 3 heterocycles. The number of hydrogen-bond donors (Lipinski definition) is 0. The van der Waals surface area contributed by atoms with Gasteiger partial charge in [0.1, 0.15) is 17.2 Å². The van der Waals surface area contributed by atoms with Gasteiger partial charge in [0.25, 0.3) is 5.91 Å². The maximum absolute atomic E-state index is 13.3. The van der Waals surface area contributed by atoms with Gasteiger partial charge in [-0.2, -0.15) is 0 Å². The molecule has 4 aromatic rings. The minimum absolute atomic E-state index is 0.0885. The molecule has 1 aromatic carbocycles. The van der Waals surface area contributed by atoms with Gasteiger partial charge < -0.3 is 0 Å². The molecule has 4 rings (SSSR count). The van der Waals surface area contributed by atoms with Crippen LogP contribution in [0.25, 0.3) is 16.7 Å². The van der Waals surface area contributed by atoms with Crippen LogP contribution < -0.4 is 0 Å². The summed E-state index contributed by atoms with van der Waals surface area (Å²) in [5.74, 6) is 0.597. The third-order valence-corrected chi connectivity index (χ3v) is 4.32. The van der Waals surface area contributed by atoms with E-state index in [9.17, 15) is 4.79 Å². The Bertz CT molecular complexity index is 1090. The van der Waals surface area contributed by atoms with E-state index < -0.39 is 0 Å². The highest BCUT2D eigenvalue weighted by Gasteiger charge is 2.23. The Hall–Kier alpha value is -2.95. The van der Waals surface area contributed by atoms with E-state index in [1.165, 1.54) is 0 Å². The summed E-state index contributed by atoms with van der Waals surface area (Å²) in [5, 5.41) is 0. The molecule has 5 heteroatoms. The van der Waals surface area contributed by atoms with Crippen LogP contribution in [0.15, 0.2) is 42.6 Å². The van der Waals surface area contributed by atoms with Gasteiger partial charge in [-0.15, -0.1) is 0 Å². The Balaban J connectivity index is 2.00. The van der Waals surface area contributed by atoms with Crippen LogP contribution in [0.3, 0.4) is 0 Å². The van der Waals surface area contributed by atoms with Crippen molar-refractivity contribution in [2.24, 2.45) is 0 Å². The number of imidazole rings is 2. The standard InChI is InChI=1S/C19H18N4O/c1-4-14-18(22-10-9-12(2)11-17(22)21-14)19(24)23-13(3)20-15-7-5-6-8-16(15)23/h5-11H,4H2,1-3H3. The Morgan fingerprint density at radius 3 is 2.71 bits per heavy atom. The van der Waals surface area contributed by atoms with E-state index in [-0.39, 0.29) is 5.91 Å². The van der Waals surface area contributed by atoms with E-state index >= 15 is 0 Å². The number of nitrogens with zero attached hydrogens (tertiary/aromatic N) is 4. The van der Waals surface area contributed by atoms with Crippen molar-refractivity contribution in [2.45, 2.75) is 27.2 Å². The molecule has 0 N–H and O–H groups in total. The van der Waals surface area contributed by atoms with Gasteiger partial charge in [-0.05, 0) is 50.1 Å². The molecule has 0 spiro atoms. The molecule has 0 bridgehead atoms. The van der Waals surface area contributed by atoms with Crippen molar-refractivity contribution in [2.75, 3.05) is 0 Å². The molecule has 0 aliphatic heterocycles. The summed E-state index contributed by atoms with van der Waals surface area (Å²) in [6.45, 7) is 5.90. The molecule has 0 saturated heterocycles. The smallest absolute Gasteiger partial charge is 0.282 e. The zero-order chi connectivity index (χ0) is 16.8. The molecule has 0 radical (unpaired) electrons. The first-order valence-corrected chi connectivity index (χ1v) is 8.06. The van der Waals surface area contributed by atoms with Gasteiger partial charge in [-0.3, -0.25) is 13.8 Å². The average Bonchev–Trinajstić information content (AvgIpc) is 3.10. The molecule has 0 saturated carbocycles. The minimum atomic E-state index is -0.0885. The second-order valence-corrected chi connectivity index (χ2v) is 5.98. The molecule has 0 atom stereocenters. The minimum Gasteiger partial charge on any atom is -0.295 e. The van der Waals surface area contributed by atoms with Crippen LogP contribution in [0.4, 0.5) is 0 Å². The lowest BCUT2D eigenvalue weighted by Gasteiger charge is -2.07. The first-order chi connectivity index (χ1) is 11.6. The van der Waals surface area contributed by atoms with E-state index in [0.717, 1.165) is 27.9 Å². The fourth-order valence-electron chi connectivity index (χ4n) is 3.18. The lowest BCUT2D eigenvalue weighted by molar-refractivity contribution is 0.0955. The van der Waals surface area contributed by atoms with Gasteiger partial charge in [0, 0.05) is 6.20 Å². The number of aromatic nitrogens is 4. The lowest BCUT2D eigenvalue weighted by atomic mass is 10.2. The zero-order valence-corrected chi connectivity index (χ0v) is 13.9. The molecule has 5 nitrogen and oxygen atoms in total. The molecular weight excluding hydrogens is 300 g/mol. The first kappa shape index (κ1) is 14.6. The molecule has 0 aliphatic rings. The Morgan fingerprint density at radius 1 is 1.12 bits per heavy atom. The maximum Gasteiger partial charge on any atom is 0.282 e. The highest BCUT2D eigenvalue weighted by molar-refractivity contribution is 6.02. The van der Waals surface area contributed by atoms with Gasteiger partial charge >= 0.3 is 0 Å². The summed E-state index contributed by atoms with van der Waals surface area (Å²) in [6.07, 6.45) is 2.62. The van der Waals surface area contributed by atoms with Crippen molar-refractivity contribution in [3.63, 3.8) is 0 Å². The molecule has 0 unspecified atom stereocenters. The van der Waals surface area contributed by atoms with Gasteiger partial charge in [-0.1, -0.05) is 19.1 Å². The summed E-state index contributed by atoms with van der Waals surface area (Å²) in [5.41, 5.74) is 4.99. The monoisotopic (exact) mass is 318 g/mol. The van der Waals surface area contributed by atoms with Crippen molar-refractivity contribution in [1.82, 2.24) is 18.9 Å². The highest BCUT2D eigenvalue weighted by Crippen LogP contribution is 2.21. The fourth-order valence-corrected chi connectivity index (χ4v) is 3.18. The van der Waals surface area contributed by atoms with Gasteiger partial charge in [0.2, 0.25) is 0 Å². The largest absolute Gasteiger partial charge is 0.295 e. The van der Waals surface area contributed by atoms with Crippen LogP contribution in [-0.4, -0.2) is 24.8 Å². The van der Waals surface area contributed by atoms with Crippen molar-refractivity contribution in [3.8, 4) is 0 Å². The van der Waals surface area contributed by atoms with E-state index in [1.807, 2.05) is 67.8 Å². The Labute approximate surface area is 139 Å². The van der Waals surface area contributed by atoms with Crippen LogP contribution in [0.1, 0.15) is 34.5 Å². The van der Waals surface area contributed by atoms with Crippen molar-refractivity contribution < 1.29 is 4.79 Å². The van der Waals surface area contributed by atoms with Crippen LogP contribution in [0.2, 0.25) is 0 Å². The summed E-state index contributed by atoms with van der Waals surface area (Å²) < 4.78 is 3.56. The molecule has 0 fully saturated rings.